The molecule has 0 aromatic rings. The highest BCUT2D eigenvalue weighted by atomic mass is 28.4. The number of ether oxygens (including phenoxy) is 1. The molecule has 9 atom stereocenters. The minimum atomic E-state index is -1.48. The maximum absolute atomic E-state index is 11.8. The third kappa shape index (κ3) is 5.35. The summed E-state index contributed by atoms with van der Waals surface area (Å²) in [6, 6.07) is 0. The number of fused-ring (bicyclic) bond motifs is 5. The van der Waals surface area contributed by atoms with E-state index in [2.05, 4.69) is 46.5 Å². The lowest BCUT2D eigenvalue weighted by Gasteiger charge is -2.58. The highest BCUT2D eigenvalue weighted by Crippen LogP contribution is 2.67. The Bertz CT molecular complexity index is 800. The number of rotatable bonds is 8. The average Bonchev–Trinajstić information content (AvgIpc) is 3.15. The van der Waals surface area contributed by atoms with Crippen LogP contribution in [0.25, 0.3) is 0 Å². The van der Waals surface area contributed by atoms with Gasteiger partial charge in [0, 0.05) is 6.10 Å². The molecular formula is C31H54O3Si. The van der Waals surface area contributed by atoms with Crippen LogP contribution < -0.4 is 0 Å². The van der Waals surface area contributed by atoms with Crippen molar-refractivity contribution in [3.8, 4) is 0 Å². The van der Waals surface area contributed by atoms with Crippen LogP contribution in [-0.4, -0.2) is 27.5 Å². The molecule has 4 aliphatic carbocycles. The van der Waals surface area contributed by atoms with Crippen LogP contribution in [0.4, 0.5) is 0 Å². The number of esters is 1. The second-order valence-corrected chi connectivity index (χ2v) is 18.9. The quantitative estimate of drug-likeness (QED) is 0.190. The molecule has 3 nitrogen and oxygen atoms in total. The summed E-state index contributed by atoms with van der Waals surface area (Å²) < 4.78 is 11.5. The molecule has 0 aromatic carbocycles. The highest BCUT2D eigenvalue weighted by Gasteiger charge is 2.59. The van der Waals surface area contributed by atoms with Gasteiger partial charge >= 0.3 is 5.97 Å². The van der Waals surface area contributed by atoms with Gasteiger partial charge in [0.25, 0.3) is 0 Å². The number of carbonyl (C=O) groups excluding carboxylic acids is 1. The normalized spacial score (nSPS) is 40.7. The topological polar surface area (TPSA) is 35.5 Å². The average molecular weight is 503 g/mol. The van der Waals surface area contributed by atoms with Gasteiger partial charge in [0.15, 0.2) is 8.32 Å². The molecule has 0 amide bonds. The fourth-order valence-corrected chi connectivity index (χ4v) is 10.7. The summed E-state index contributed by atoms with van der Waals surface area (Å²) in [7, 11) is 0.0278. The molecule has 0 radical (unpaired) electrons. The molecule has 3 saturated carbocycles. The van der Waals surface area contributed by atoms with E-state index in [0.717, 1.165) is 42.4 Å². The molecule has 0 saturated heterocycles. The van der Waals surface area contributed by atoms with E-state index in [0.29, 0.717) is 16.9 Å². The van der Waals surface area contributed by atoms with E-state index in [1.165, 1.54) is 64.9 Å². The van der Waals surface area contributed by atoms with Crippen LogP contribution in [0.5, 0.6) is 0 Å². The molecular weight excluding hydrogens is 448 g/mol. The van der Waals surface area contributed by atoms with Crippen molar-refractivity contribution < 1.29 is 14.0 Å². The molecule has 0 aromatic heterocycles. The zero-order valence-electron chi connectivity index (χ0n) is 24.1. The van der Waals surface area contributed by atoms with E-state index in [1.54, 1.807) is 5.57 Å². The van der Waals surface area contributed by atoms with Crippen molar-refractivity contribution >= 4 is 14.3 Å². The van der Waals surface area contributed by atoms with Gasteiger partial charge in [0.05, 0.1) is 13.0 Å². The highest BCUT2D eigenvalue weighted by molar-refractivity contribution is 6.69. The zero-order chi connectivity index (χ0) is 25.6. The minimum absolute atomic E-state index is 0.0322. The molecule has 0 spiro atoms. The fourth-order valence-electron chi connectivity index (χ4n) is 9.47. The first-order valence-corrected chi connectivity index (χ1v) is 18.2. The molecule has 0 heterocycles. The standard InChI is InChI=1S/C31H54O3Si/c1-21(10-9-11-22(2)29(32)33-5)26-14-15-27-25-13-12-23-20-24(34-35(6,7)8)16-18-30(23,3)28(25)17-19-31(26,27)4/h12,21-22,24-28H,9-11,13-20H2,1-8H3/t21-,22?,24+,25+,26-,27+,28+,30+,31-/m1/s1. The van der Waals surface area contributed by atoms with Crippen molar-refractivity contribution in [1.29, 1.82) is 0 Å². The first-order valence-electron chi connectivity index (χ1n) is 14.8. The van der Waals surface area contributed by atoms with Crippen LogP contribution in [-0.2, 0) is 14.0 Å². The summed E-state index contributed by atoms with van der Waals surface area (Å²) in [6.45, 7) is 16.8. The van der Waals surface area contributed by atoms with Gasteiger partial charge in [-0.05, 0) is 118 Å². The summed E-state index contributed by atoms with van der Waals surface area (Å²) in [5.74, 6) is 4.24. The van der Waals surface area contributed by atoms with Crippen LogP contribution in [0, 0.1) is 46.3 Å². The van der Waals surface area contributed by atoms with E-state index in [9.17, 15) is 4.79 Å². The Morgan fingerprint density at radius 2 is 1.80 bits per heavy atom. The molecule has 0 N–H and O–H groups in total. The molecule has 4 aliphatic rings. The molecule has 4 rings (SSSR count). The van der Waals surface area contributed by atoms with E-state index in [-0.39, 0.29) is 11.9 Å². The Morgan fingerprint density at radius 1 is 1.06 bits per heavy atom. The molecule has 4 heteroatoms. The third-order valence-corrected chi connectivity index (χ3v) is 12.3. The zero-order valence-corrected chi connectivity index (χ0v) is 25.1. The number of carbonyl (C=O) groups is 1. The van der Waals surface area contributed by atoms with Crippen LogP contribution in [0.15, 0.2) is 11.6 Å². The lowest BCUT2D eigenvalue weighted by molar-refractivity contribution is -0.145. The SMILES string of the molecule is COC(=O)C(C)CCC[C@@H](C)[C@H]1CC[C@H]2[C@@H]3CC=C4C[C@@H](O[Si](C)(C)C)CC[C@]4(C)[C@H]3CC[C@]12C. The maximum Gasteiger partial charge on any atom is 0.308 e. The van der Waals surface area contributed by atoms with E-state index in [4.69, 9.17) is 9.16 Å². The summed E-state index contributed by atoms with van der Waals surface area (Å²) in [5, 5.41) is 0. The van der Waals surface area contributed by atoms with Crippen LogP contribution in [0.1, 0.15) is 98.3 Å². The molecule has 0 bridgehead atoms. The van der Waals surface area contributed by atoms with Crippen LogP contribution in [0.2, 0.25) is 19.6 Å². The van der Waals surface area contributed by atoms with Gasteiger partial charge in [0.2, 0.25) is 0 Å². The van der Waals surface area contributed by atoms with Crippen LogP contribution >= 0.6 is 0 Å². The molecule has 1 unspecified atom stereocenters. The van der Waals surface area contributed by atoms with Gasteiger partial charge in [-0.25, -0.2) is 0 Å². The summed E-state index contributed by atoms with van der Waals surface area (Å²) in [5.41, 5.74) is 2.67. The first kappa shape index (κ1) is 27.4. The Balaban J connectivity index is 1.41. The Labute approximate surface area is 217 Å². The van der Waals surface area contributed by atoms with Gasteiger partial charge in [0.1, 0.15) is 0 Å². The smallest absolute Gasteiger partial charge is 0.308 e. The molecule has 200 valence electrons. The maximum atomic E-state index is 11.8. The van der Waals surface area contributed by atoms with Crippen LogP contribution in [0.3, 0.4) is 0 Å². The van der Waals surface area contributed by atoms with E-state index < -0.39 is 8.32 Å². The number of allylic oxidation sites excluding steroid dienone is 1. The fraction of sp³-hybridized carbons (Fsp3) is 0.903. The third-order valence-electron chi connectivity index (χ3n) is 11.2. The van der Waals surface area contributed by atoms with Gasteiger partial charge in [-0.1, -0.05) is 52.2 Å². The van der Waals surface area contributed by atoms with E-state index >= 15 is 0 Å². The van der Waals surface area contributed by atoms with Crippen molar-refractivity contribution in [2.75, 3.05) is 7.11 Å². The van der Waals surface area contributed by atoms with Gasteiger partial charge < -0.3 is 9.16 Å². The van der Waals surface area contributed by atoms with Crippen molar-refractivity contribution in [3.63, 3.8) is 0 Å². The van der Waals surface area contributed by atoms with Crippen molar-refractivity contribution in [3.05, 3.63) is 11.6 Å². The van der Waals surface area contributed by atoms with Gasteiger partial charge in [-0.15, -0.1) is 0 Å². The van der Waals surface area contributed by atoms with Gasteiger partial charge in [-0.3, -0.25) is 4.79 Å². The molecule has 35 heavy (non-hydrogen) atoms. The molecule has 0 aliphatic heterocycles. The van der Waals surface area contributed by atoms with E-state index in [1.807, 2.05) is 6.92 Å². The summed E-state index contributed by atoms with van der Waals surface area (Å²) in [4.78, 5) is 11.8. The first-order chi connectivity index (χ1) is 16.4. The lowest BCUT2D eigenvalue weighted by atomic mass is 9.47. The van der Waals surface area contributed by atoms with Crippen molar-refractivity contribution in [2.24, 2.45) is 46.3 Å². The Morgan fingerprint density at radius 3 is 2.49 bits per heavy atom. The number of methoxy groups -OCH3 is 1. The summed E-state index contributed by atoms with van der Waals surface area (Å²) >= 11 is 0. The number of hydrogen-bond donors (Lipinski definition) is 0. The minimum Gasteiger partial charge on any atom is -0.469 e. The Kier molecular flexibility index (Phi) is 8.05. The largest absolute Gasteiger partial charge is 0.469 e. The molecule has 3 fully saturated rings. The summed E-state index contributed by atoms with van der Waals surface area (Å²) in [6.07, 6.45) is 17.3. The monoisotopic (exact) mass is 502 g/mol. The van der Waals surface area contributed by atoms with Crippen molar-refractivity contribution in [2.45, 2.75) is 124 Å². The predicted molar refractivity (Wildman–Crippen MR) is 148 cm³/mol. The second kappa shape index (κ2) is 10.3. The van der Waals surface area contributed by atoms with Gasteiger partial charge in [-0.2, -0.15) is 0 Å². The number of hydrogen-bond acceptors (Lipinski definition) is 3. The second-order valence-electron chi connectivity index (χ2n) is 14.4. The van der Waals surface area contributed by atoms with Crippen molar-refractivity contribution in [1.82, 2.24) is 0 Å². The lowest BCUT2D eigenvalue weighted by Crippen LogP contribution is -2.51. The predicted octanol–water partition coefficient (Wildman–Crippen LogP) is 8.40. The Hall–Kier alpha value is -0.613.